The van der Waals surface area contributed by atoms with Gasteiger partial charge in [0, 0.05) is 11.1 Å². The summed E-state index contributed by atoms with van der Waals surface area (Å²) >= 11 is 1.69. The van der Waals surface area contributed by atoms with E-state index in [0.717, 1.165) is 10.7 Å². The molecule has 0 spiro atoms. The zero-order chi connectivity index (χ0) is 17.0. The van der Waals surface area contributed by atoms with Gasteiger partial charge in [-0.3, -0.25) is 0 Å². The van der Waals surface area contributed by atoms with E-state index in [4.69, 9.17) is 0 Å². The molecule has 4 aromatic rings. The number of thiazole rings is 1. The molecule has 4 rings (SSSR count). The zero-order valence-electron chi connectivity index (χ0n) is 14.0. The minimum Gasteiger partial charge on any atom is -0.247 e. The van der Waals surface area contributed by atoms with Crippen LogP contribution < -0.4 is 0 Å². The van der Waals surface area contributed by atoms with Gasteiger partial charge in [-0.2, -0.15) is 0 Å². The highest BCUT2D eigenvalue weighted by Crippen LogP contribution is 2.17. The molecule has 1 N–H and O–H groups in total. The van der Waals surface area contributed by atoms with Gasteiger partial charge in [0.15, 0.2) is 0 Å². The van der Waals surface area contributed by atoms with Gasteiger partial charge in [-0.25, -0.2) is 10.1 Å². The molecule has 0 aliphatic heterocycles. The van der Waals surface area contributed by atoms with Crippen molar-refractivity contribution >= 4 is 28.3 Å². The molecule has 7 heteroatoms. The van der Waals surface area contributed by atoms with Crippen LogP contribution in [-0.4, -0.2) is 25.6 Å². The molecule has 0 atom stereocenters. The van der Waals surface area contributed by atoms with E-state index in [2.05, 4.69) is 79.5 Å². The van der Waals surface area contributed by atoms with Crippen LogP contribution in [-0.2, 0) is 0 Å². The Balaban J connectivity index is 0.000000205. The Morgan fingerprint density at radius 2 is 1.40 bits per heavy atom. The van der Waals surface area contributed by atoms with E-state index in [0.29, 0.717) is 0 Å². The number of rotatable bonds is 1. The average molecular weight is 418 g/mol. The molecule has 0 bridgehead atoms. The summed E-state index contributed by atoms with van der Waals surface area (Å²) in [4.78, 5) is 4.13. The van der Waals surface area contributed by atoms with Crippen LogP contribution in [0.15, 0.2) is 72.4 Å². The van der Waals surface area contributed by atoms with E-state index in [1.54, 1.807) is 11.3 Å². The van der Waals surface area contributed by atoms with Crippen LogP contribution in [0.4, 0.5) is 0 Å². The first-order valence-electron chi connectivity index (χ1n) is 7.42. The Morgan fingerprint density at radius 1 is 0.840 bits per heavy atom. The molecule has 0 fully saturated rings. The predicted molar refractivity (Wildman–Crippen MR) is 108 cm³/mol. The third-order valence-electron chi connectivity index (χ3n) is 2.88. The molecule has 2 heterocycles. The van der Waals surface area contributed by atoms with E-state index in [1.165, 1.54) is 17.5 Å². The highest BCUT2D eigenvalue weighted by molar-refractivity contribution is 8.93. The fourth-order valence-electron chi connectivity index (χ4n) is 1.86. The van der Waals surface area contributed by atoms with Gasteiger partial charge in [-0.15, -0.1) is 33.4 Å². The molecule has 5 nitrogen and oxygen atoms in total. The summed E-state index contributed by atoms with van der Waals surface area (Å²) in [6.45, 7) is 4.02. The summed E-state index contributed by atoms with van der Waals surface area (Å²) in [5, 5.41) is 15.3. The van der Waals surface area contributed by atoms with Crippen molar-refractivity contribution < 1.29 is 0 Å². The van der Waals surface area contributed by atoms with Crippen molar-refractivity contribution in [1.82, 2.24) is 25.6 Å². The summed E-state index contributed by atoms with van der Waals surface area (Å²) in [6.07, 6.45) is 1.40. The summed E-state index contributed by atoms with van der Waals surface area (Å²) < 4.78 is 0. The summed E-state index contributed by atoms with van der Waals surface area (Å²) in [6, 6.07) is 20.8. The van der Waals surface area contributed by atoms with Crippen LogP contribution in [0.3, 0.4) is 0 Å². The van der Waals surface area contributed by atoms with Gasteiger partial charge in [0.1, 0.15) is 6.33 Å². The first kappa shape index (κ1) is 20.7. The maximum absolute atomic E-state index is 4.13. The van der Waals surface area contributed by atoms with Gasteiger partial charge in [0.25, 0.3) is 0 Å². The molecule has 0 aliphatic carbocycles. The Hall–Kier alpha value is -2.38. The second kappa shape index (κ2) is 12.0. The van der Waals surface area contributed by atoms with Gasteiger partial charge in [0.2, 0.25) is 0 Å². The largest absolute Gasteiger partial charge is 0.247 e. The number of H-pyrrole nitrogens is 1. The lowest BCUT2D eigenvalue weighted by Gasteiger charge is -1.98. The normalized spacial score (nSPS) is 8.88. The summed E-state index contributed by atoms with van der Waals surface area (Å²) in [5.41, 5.74) is 3.68. The van der Waals surface area contributed by atoms with E-state index in [1.807, 2.05) is 26.0 Å². The van der Waals surface area contributed by atoms with Gasteiger partial charge >= 0.3 is 0 Å². The fourth-order valence-corrected chi connectivity index (χ4v) is 2.45. The van der Waals surface area contributed by atoms with E-state index >= 15 is 0 Å². The zero-order valence-corrected chi connectivity index (χ0v) is 16.6. The minimum absolute atomic E-state index is 0. The molecule has 0 amide bonds. The number of hydrogen-bond acceptors (Lipinski definition) is 5. The Kier molecular flexibility index (Phi) is 9.96. The highest BCUT2D eigenvalue weighted by atomic mass is 79.9. The van der Waals surface area contributed by atoms with Crippen molar-refractivity contribution in [3.05, 3.63) is 83.1 Å². The SMILES string of the molecule is Br.Cc1csc(C)n1.c1ccc(-c2ccccc2)cc1.c1nnn[nH]1. The second-order valence-corrected chi connectivity index (χ2v) is 5.87. The monoisotopic (exact) mass is 417 g/mol. The second-order valence-electron chi connectivity index (χ2n) is 4.80. The molecule has 0 saturated carbocycles. The van der Waals surface area contributed by atoms with Gasteiger partial charge in [-0.05, 0) is 35.4 Å². The number of tetrazole rings is 1. The lowest BCUT2D eigenvalue weighted by molar-refractivity contribution is 0.881. The van der Waals surface area contributed by atoms with Gasteiger partial charge < -0.3 is 0 Å². The molecule has 0 unspecified atom stereocenters. The number of nitrogens with one attached hydrogen (secondary N) is 1. The molecule has 2 aromatic carbocycles. The lowest BCUT2D eigenvalue weighted by Crippen LogP contribution is -1.73. The Morgan fingerprint density at radius 3 is 1.64 bits per heavy atom. The molecule has 0 saturated heterocycles. The summed E-state index contributed by atoms with van der Waals surface area (Å²) in [7, 11) is 0. The van der Waals surface area contributed by atoms with Crippen LogP contribution in [0.1, 0.15) is 10.7 Å². The lowest BCUT2D eigenvalue weighted by atomic mass is 10.1. The van der Waals surface area contributed by atoms with Crippen molar-refractivity contribution in [3.8, 4) is 11.1 Å². The van der Waals surface area contributed by atoms with Crippen molar-refractivity contribution in [2.45, 2.75) is 13.8 Å². The molecule has 130 valence electrons. The van der Waals surface area contributed by atoms with E-state index in [-0.39, 0.29) is 17.0 Å². The van der Waals surface area contributed by atoms with Crippen LogP contribution >= 0.6 is 28.3 Å². The number of aryl methyl sites for hydroxylation is 2. The summed E-state index contributed by atoms with van der Waals surface area (Å²) in [5.74, 6) is 0. The first-order chi connectivity index (χ1) is 11.8. The number of halogens is 1. The number of aromatic nitrogens is 5. The molecule has 2 aromatic heterocycles. The van der Waals surface area contributed by atoms with Crippen LogP contribution in [0, 0.1) is 13.8 Å². The maximum Gasteiger partial charge on any atom is 0.135 e. The highest BCUT2D eigenvalue weighted by Gasteiger charge is 1.91. The predicted octanol–water partition coefficient (Wildman–Crippen LogP) is 4.89. The first-order valence-corrected chi connectivity index (χ1v) is 8.30. The van der Waals surface area contributed by atoms with Gasteiger partial charge in [0.05, 0.1) is 5.01 Å². The topological polar surface area (TPSA) is 67.3 Å². The van der Waals surface area contributed by atoms with Crippen molar-refractivity contribution in [2.75, 3.05) is 0 Å². The molecular formula is C18H20BrN5S. The fraction of sp³-hybridized carbons (Fsp3) is 0.111. The number of benzene rings is 2. The van der Waals surface area contributed by atoms with Crippen molar-refractivity contribution in [1.29, 1.82) is 0 Å². The molecular weight excluding hydrogens is 398 g/mol. The molecule has 25 heavy (non-hydrogen) atoms. The Bertz CT molecular complexity index is 718. The average Bonchev–Trinajstić information content (AvgIpc) is 3.32. The Labute approximate surface area is 161 Å². The third kappa shape index (κ3) is 8.32. The number of hydrogen-bond donors (Lipinski definition) is 1. The van der Waals surface area contributed by atoms with Crippen LogP contribution in [0.25, 0.3) is 11.1 Å². The third-order valence-corrected chi connectivity index (χ3v) is 3.78. The molecule has 0 aliphatic rings. The van der Waals surface area contributed by atoms with Crippen LogP contribution in [0.2, 0.25) is 0 Å². The van der Waals surface area contributed by atoms with Gasteiger partial charge in [-0.1, -0.05) is 60.7 Å². The van der Waals surface area contributed by atoms with Crippen molar-refractivity contribution in [2.24, 2.45) is 0 Å². The molecule has 0 radical (unpaired) electrons. The maximum atomic E-state index is 4.13. The quantitative estimate of drug-likeness (QED) is 0.478. The standard InChI is InChI=1S/C12H10.C5H7NS.CH2N4.BrH/c1-3-7-11(8-4-1)12-9-5-2-6-10-12;1-4-3-7-5(2)6-4;1-2-4-5-3-1;/h1-10H;3H,1-2H3;1H,(H,2,3,4,5);1H. The van der Waals surface area contributed by atoms with Crippen LogP contribution in [0.5, 0.6) is 0 Å². The van der Waals surface area contributed by atoms with Crippen molar-refractivity contribution in [3.63, 3.8) is 0 Å². The minimum atomic E-state index is 0. The smallest absolute Gasteiger partial charge is 0.135 e. The number of nitrogens with zero attached hydrogens (tertiary/aromatic N) is 4. The van der Waals surface area contributed by atoms with E-state index < -0.39 is 0 Å². The van der Waals surface area contributed by atoms with E-state index in [9.17, 15) is 0 Å². The number of aromatic amines is 1.